The van der Waals surface area contributed by atoms with Gasteiger partial charge in [0.2, 0.25) is 11.6 Å². The van der Waals surface area contributed by atoms with Crippen LogP contribution in [0, 0.1) is 0 Å². The van der Waals surface area contributed by atoms with E-state index in [-0.39, 0.29) is 158 Å². The number of hydrogen-bond donors (Lipinski definition) is 7. The van der Waals surface area contributed by atoms with E-state index in [1.54, 1.807) is 62.4 Å². The van der Waals surface area contributed by atoms with Crippen LogP contribution in [0.2, 0.25) is 0 Å². The van der Waals surface area contributed by atoms with E-state index in [0.717, 1.165) is 15.5 Å². The second-order valence-electron chi connectivity index (χ2n) is 21.3. The van der Waals surface area contributed by atoms with Gasteiger partial charge in [0.1, 0.15) is 12.3 Å². The number of fused-ring (bicyclic) bond motifs is 1. The molecule has 464 valence electrons. The van der Waals surface area contributed by atoms with Crippen molar-refractivity contribution in [3.63, 3.8) is 0 Å². The summed E-state index contributed by atoms with van der Waals surface area (Å²) in [6.07, 6.45) is 8.69. The van der Waals surface area contributed by atoms with Gasteiger partial charge in [-0.1, -0.05) is 85.8 Å². The summed E-state index contributed by atoms with van der Waals surface area (Å²) < 4.78 is 150. The number of benzene rings is 5. The van der Waals surface area contributed by atoms with Gasteiger partial charge in [0, 0.05) is 72.2 Å². The number of carbonyl (C=O) groups is 3. The Bertz CT molecular complexity index is 3790. The van der Waals surface area contributed by atoms with Crippen molar-refractivity contribution in [1.29, 1.82) is 0 Å². The number of ether oxygens (including phenoxy) is 2. The van der Waals surface area contributed by atoms with E-state index in [9.17, 15) is 66.3 Å². The van der Waals surface area contributed by atoms with Gasteiger partial charge in [0.25, 0.3) is 46.4 Å². The molecule has 89 heavy (non-hydrogen) atoms. The number of hydrogen-bond acceptors (Lipinski definition) is 13. The molecule has 0 aromatic heterocycles. The number of carbonyl (C=O) groups excluding carboxylic acids is 3. The zero-order valence-electron chi connectivity index (χ0n) is 51.5. The van der Waals surface area contributed by atoms with Crippen LogP contribution in [0.4, 0.5) is 11.4 Å². The molecule has 7 N–H and O–H groups in total. The summed E-state index contributed by atoms with van der Waals surface area (Å²) in [5.74, 6) is -2.36. The van der Waals surface area contributed by atoms with E-state index >= 15 is 0 Å². The molecule has 2 amide bonds. The van der Waals surface area contributed by atoms with E-state index in [1.807, 2.05) is 72.3 Å². The average Bonchev–Trinajstić information content (AvgIpc) is 1.93. The van der Waals surface area contributed by atoms with Crippen molar-refractivity contribution in [2.75, 3.05) is 65.6 Å². The molecule has 3 atom stereocenters. The number of unbranched alkanes of at least 4 members (excludes halogenated alkanes) is 2. The minimum atomic E-state index is -4.76. The van der Waals surface area contributed by atoms with E-state index in [4.69, 9.17) is 9.47 Å². The summed E-state index contributed by atoms with van der Waals surface area (Å²) in [7, 11) is -14.9. The van der Waals surface area contributed by atoms with Crippen LogP contribution in [0.15, 0.2) is 149 Å². The molecule has 5 aromatic rings. The molecule has 0 aliphatic carbocycles. The Kier molecular flexibility index (Phi) is 32.1. The molecule has 1 heterocycles. The van der Waals surface area contributed by atoms with Crippen molar-refractivity contribution in [2.45, 2.75) is 85.8 Å². The minimum absolute atomic E-state index is 0. The molecule has 0 radical (unpaired) electrons. The van der Waals surface area contributed by atoms with Gasteiger partial charge in [-0.15, -0.1) is 0 Å². The fourth-order valence-electron chi connectivity index (χ4n) is 10.6. The summed E-state index contributed by atoms with van der Waals surface area (Å²) >= 11 is 0. The average molecular weight is 1350 g/mol. The maximum absolute atomic E-state index is 13.5. The van der Waals surface area contributed by atoms with Crippen LogP contribution >= 0.6 is 7.92 Å². The van der Waals surface area contributed by atoms with Gasteiger partial charge in [0.05, 0.1) is 53.0 Å². The Morgan fingerprint density at radius 2 is 1.28 bits per heavy atom. The molecule has 6 rings (SSSR count). The van der Waals surface area contributed by atoms with Crippen LogP contribution in [-0.2, 0) is 65.6 Å². The molecule has 1 aliphatic heterocycles. The maximum atomic E-state index is 13.5. The quantitative estimate of drug-likeness (QED) is 0.00416. The Labute approximate surface area is 590 Å². The van der Waals surface area contributed by atoms with Gasteiger partial charge < -0.3 is 25.0 Å². The van der Waals surface area contributed by atoms with Crippen LogP contribution in [-0.4, -0.2) is 146 Å². The number of esters is 1. The SMILES string of the molecule is COCC[N+]1=C(/C=C/C=C\C(C)(CCCS(=O)(=O)O)c2cc(S(=O)(=O)O)ccc2[NH+](C)CCCCCC(=O)NCCNC(=O)c2ccc(C(=O)OC)c(P(c3ccccc3)c3ccccc3)c2)C(C)(CCCS(=O)(=O)O)c2cc(S(=O)(=O)O)ccc21.[Na+].[Na+].[Na+]. The molecular weight excluding hydrogens is 1280 g/mol. The van der Waals surface area contributed by atoms with Gasteiger partial charge in [0.15, 0.2) is 12.3 Å². The number of nitrogens with zero attached hydrogens (tertiary/aromatic N) is 1. The van der Waals surface area contributed by atoms with E-state index < -0.39 is 87.5 Å². The molecule has 0 fully saturated rings. The Morgan fingerprint density at radius 1 is 0.697 bits per heavy atom. The second-order valence-corrected chi connectivity index (χ2v) is 29.5. The van der Waals surface area contributed by atoms with Gasteiger partial charge >= 0.3 is 94.6 Å². The maximum Gasteiger partial charge on any atom is 1.00 e. The predicted octanol–water partition coefficient (Wildman–Crippen LogP) is -3.60. The number of nitrogens with one attached hydrogen (secondary N) is 3. The molecule has 1 aliphatic rings. The Balaban J connectivity index is 0.00000690. The van der Waals surface area contributed by atoms with E-state index in [1.165, 1.54) is 44.6 Å². The first-order valence-electron chi connectivity index (χ1n) is 27.6. The zero-order chi connectivity index (χ0) is 63.1. The fourth-order valence-corrected chi connectivity index (χ4v) is 15.1. The molecule has 29 heteroatoms. The summed E-state index contributed by atoms with van der Waals surface area (Å²) in [6, 6.07) is 32.5. The van der Waals surface area contributed by atoms with Crippen LogP contribution in [0.25, 0.3) is 0 Å². The molecule has 3 unspecified atom stereocenters. The minimum Gasteiger partial charge on any atom is -0.465 e. The third kappa shape index (κ3) is 23.0. The van der Waals surface area contributed by atoms with Crippen molar-refractivity contribution in [3.05, 3.63) is 162 Å². The topological polar surface area (TPSA) is 319 Å². The standard InChI is InChI=1S/C60H73N4O17PS4.3Na/c1-59(32-17-39-83(68,69)70,31-15-14-23-55-60(2,33-18-40-84(71,72)73)51-43-48(86(77,78)79)27-30-53(51)64(55)37-38-80-4)50-42-47(85(74,75)76)26-29-52(50)63(3)36-16-8-13-24-56(65)61-34-35-62-57(66)44-25-28-49(58(67)81-5)54(41-44)82(45-19-9-6-10-20-45)46-21-11-7-12-22-46;;;/h6-7,9-12,14-15,19-23,25-31,41-43H,8,13,16-18,24,32-40H2,1-5H3,(H5-,61,62,65,66,68,69,70,71,72,73,74,75,76,77,78,79);;;/q;3*+1/p+2/b23-14+,31-15-;;;. The molecule has 5 aromatic carbocycles. The number of allylic oxidation sites excluding steroid dienone is 4. The number of methoxy groups -OCH3 is 2. The van der Waals surface area contributed by atoms with E-state index in [0.29, 0.717) is 70.5 Å². The first-order chi connectivity index (χ1) is 40.5. The van der Waals surface area contributed by atoms with Crippen molar-refractivity contribution < 1.29 is 174 Å². The van der Waals surface area contributed by atoms with Crippen LogP contribution < -0.4 is 120 Å². The number of amides is 2. The Hall–Kier alpha value is -3.35. The molecule has 21 nitrogen and oxygen atoms in total. The Morgan fingerprint density at radius 3 is 1.87 bits per heavy atom. The van der Waals surface area contributed by atoms with Crippen LogP contribution in [0.5, 0.6) is 0 Å². The van der Waals surface area contributed by atoms with Crippen LogP contribution in [0.3, 0.4) is 0 Å². The summed E-state index contributed by atoms with van der Waals surface area (Å²) in [4.78, 5) is 39.6. The first kappa shape index (κ1) is 79.9. The van der Waals surface area contributed by atoms with Crippen molar-refractivity contribution in [1.82, 2.24) is 10.6 Å². The summed E-state index contributed by atoms with van der Waals surface area (Å²) in [5.41, 5.74) is 0.988. The smallest absolute Gasteiger partial charge is 0.465 e. The molecule has 0 bridgehead atoms. The third-order valence-corrected chi connectivity index (χ3v) is 20.8. The van der Waals surface area contributed by atoms with Crippen molar-refractivity contribution >= 4 is 99.2 Å². The van der Waals surface area contributed by atoms with E-state index in [2.05, 4.69) is 10.6 Å². The zero-order valence-corrected chi connectivity index (χ0v) is 61.7. The van der Waals surface area contributed by atoms with Gasteiger partial charge in [-0.2, -0.15) is 38.2 Å². The summed E-state index contributed by atoms with van der Waals surface area (Å²) in [6.45, 7) is 4.75. The second kappa shape index (κ2) is 35.8. The normalized spacial score (nSPS) is 15.3. The number of rotatable bonds is 32. The largest absolute Gasteiger partial charge is 1.00 e. The van der Waals surface area contributed by atoms with Crippen molar-refractivity contribution in [2.24, 2.45) is 0 Å². The predicted molar refractivity (Wildman–Crippen MR) is 330 cm³/mol. The van der Waals surface area contributed by atoms with Crippen LogP contribution in [0.1, 0.15) is 97.1 Å². The molecular formula is C60H75N4Na3O17PS4+5. The third-order valence-electron chi connectivity index (χ3n) is 15.0. The first-order valence-corrected chi connectivity index (χ1v) is 35.1. The monoisotopic (exact) mass is 1350 g/mol. The van der Waals surface area contributed by atoms with Gasteiger partial charge in [-0.25, -0.2) is 4.79 Å². The summed E-state index contributed by atoms with van der Waals surface area (Å²) in [5, 5.41) is 8.31. The van der Waals surface area contributed by atoms with Crippen molar-refractivity contribution in [3.8, 4) is 0 Å². The fraction of sp³-hybridized carbons (Fsp3) is 0.367. The molecule has 0 saturated heterocycles. The van der Waals surface area contributed by atoms with Gasteiger partial charge in [-0.05, 0) is 113 Å². The number of quaternary nitrogens is 1. The molecule has 0 spiro atoms. The molecule has 0 saturated carbocycles. The van der Waals surface area contributed by atoms with Gasteiger partial charge in [-0.3, -0.25) is 27.8 Å².